The van der Waals surface area contributed by atoms with Crippen LogP contribution in [-0.2, 0) is 21.1 Å². The number of sulfone groups is 1. The molecular formula is C28H40N2O4S. The van der Waals surface area contributed by atoms with E-state index in [1.165, 1.54) is 0 Å². The van der Waals surface area contributed by atoms with Gasteiger partial charge in [0.2, 0.25) is 5.91 Å². The molecule has 0 saturated heterocycles. The molecule has 0 saturated carbocycles. The quantitative estimate of drug-likeness (QED) is 0.482. The van der Waals surface area contributed by atoms with Gasteiger partial charge in [-0.1, -0.05) is 57.0 Å². The molecular weight excluding hydrogens is 460 g/mol. The van der Waals surface area contributed by atoms with Crippen molar-refractivity contribution in [1.29, 1.82) is 0 Å². The van der Waals surface area contributed by atoms with Crippen LogP contribution in [-0.4, -0.2) is 38.8 Å². The predicted molar refractivity (Wildman–Crippen MR) is 141 cm³/mol. The summed E-state index contributed by atoms with van der Waals surface area (Å²) < 4.78 is 33.5. The second kappa shape index (κ2) is 11.6. The Bertz CT molecular complexity index is 1120. The Balaban J connectivity index is 2.14. The van der Waals surface area contributed by atoms with Crippen LogP contribution in [0.25, 0.3) is 0 Å². The van der Waals surface area contributed by atoms with Crippen molar-refractivity contribution in [2.75, 3.05) is 12.9 Å². The molecule has 0 fully saturated rings. The second-order valence-electron chi connectivity index (χ2n) is 9.91. The minimum atomic E-state index is -3.59. The molecule has 1 aliphatic heterocycles. The van der Waals surface area contributed by atoms with E-state index in [1.807, 2.05) is 50.2 Å². The lowest BCUT2D eigenvalue weighted by Crippen LogP contribution is -2.50. The number of methoxy groups -OCH3 is 1. The summed E-state index contributed by atoms with van der Waals surface area (Å²) in [7, 11) is -2.00. The first-order valence-electron chi connectivity index (χ1n) is 12.7. The standard InChI is InChI=1S/C28H40N2O4S/c1-6-8-16-28(7-2)19-35(32,33)25-17-22(14-15-26(31)29-20(3)4)24(34-5)18-23(25)27(30-28)21-12-10-9-11-13-21/h9-13,17-18,20,27,30H,6-8,14-16,19H2,1-5H3,(H,29,31)/t27-,28-/m1/s1. The lowest BCUT2D eigenvalue weighted by Gasteiger charge is -2.36. The molecule has 2 atom stereocenters. The summed E-state index contributed by atoms with van der Waals surface area (Å²) in [5, 5.41) is 6.68. The van der Waals surface area contributed by atoms with Gasteiger partial charge in [-0.3, -0.25) is 10.1 Å². The zero-order valence-corrected chi connectivity index (χ0v) is 22.5. The highest BCUT2D eigenvalue weighted by Crippen LogP contribution is 2.41. The molecule has 1 amide bonds. The van der Waals surface area contributed by atoms with E-state index in [0.29, 0.717) is 29.1 Å². The van der Waals surface area contributed by atoms with Crippen molar-refractivity contribution in [2.24, 2.45) is 0 Å². The summed E-state index contributed by atoms with van der Waals surface area (Å²) >= 11 is 0. The van der Waals surface area contributed by atoms with Crippen molar-refractivity contribution in [3.05, 3.63) is 59.2 Å². The number of benzene rings is 2. The number of amides is 1. The number of hydrogen-bond acceptors (Lipinski definition) is 5. The fourth-order valence-electron chi connectivity index (χ4n) is 4.96. The largest absolute Gasteiger partial charge is 0.496 e. The SMILES string of the molecule is CCCC[C@]1(CC)CS(=O)(=O)c2cc(CCC(=O)NC(C)C)c(OC)cc2[C@@H](c2ccccc2)N1. The summed E-state index contributed by atoms with van der Waals surface area (Å²) in [4.78, 5) is 12.6. The average Bonchev–Trinajstić information content (AvgIpc) is 2.93. The van der Waals surface area contributed by atoms with E-state index in [4.69, 9.17) is 4.74 Å². The van der Waals surface area contributed by atoms with Crippen LogP contribution in [0.1, 0.15) is 82.5 Å². The van der Waals surface area contributed by atoms with Crippen LogP contribution in [0.5, 0.6) is 5.75 Å². The molecule has 6 nitrogen and oxygen atoms in total. The average molecular weight is 501 g/mol. The zero-order chi connectivity index (χ0) is 25.6. The first-order valence-corrected chi connectivity index (χ1v) is 14.4. The summed E-state index contributed by atoms with van der Waals surface area (Å²) in [6.45, 7) is 8.03. The Morgan fingerprint density at radius 1 is 1.20 bits per heavy atom. The van der Waals surface area contributed by atoms with E-state index in [2.05, 4.69) is 24.5 Å². The maximum absolute atomic E-state index is 13.9. The molecule has 0 aromatic heterocycles. The van der Waals surface area contributed by atoms with Crippen LogP contribution in [0.2, 0.25) is 0 Å². The number of unbranched alkanes of at least 4 members (excludes halogenated alkanes) is 1. The van der Waals surface area contributed by atoms with Crippen molar-refractivity contribution in [2.45, 2.75) is 88.7 Å². The molecule has 2 aromatic carbocycles. The summed E-state index contributed by atoms with van der Waals surface area (Å²) in [6, 6.07) is 13.4. The van der Waals surface area contributed by atoms with Crippen LogP contribution in [0.4, 0.5) is 0 Å². The molecule has 35 heavy (non-hydrogen) atoms. The molecule has 0 spiro atoms. The monoisotopic (exact) mass is 500 g/mol. The summed E-state index contributed by atoms with van der Waals surface area (Å²) in [5.41, 5.74) is 1.93. The van der Waals surface area contributed by atoms with Gasteiger partial charge in [0, 0.05) is 18.0 Å². The molecule has 2 N–H and O–H groups in total. The number of hydrogen-bond donors (Lipinski definition) is 2. The third kappa shape index (κ3) is 6.44. The van der Waals surface area contributed by atoms with E-state index >= 15 is 0 Å². The third-order valence-corrected chi connectivity index (χ3v) is 8.82. The predicted octanol–water partition coefficient (Wildman–Crippen LogP) is 4.96. The van der Waals surface area contributed by atoms with Crippen LogP contribution in [0, 0.1) is 0 Å². The first-order chi connectivity index (χ1) is 16.6. The smallest absolute Gasteiger partial charge is 0.220 e. The number of nitrogens with one attached hydrogen (secondary N) is 2. The van der Waals surface area contributed by atoms with E-state index in [0.717, 1.165) is 30.4 Å². The molecule has 1 aliphatic rings. The van der Waals surface area contributed by atoms with Gasteiger partial charge in [-0.2, -0.15) is 0 Å². The van der Waals surface area contributed by atoms with Crippen molar-refractivity contribution < 1.29 is 17.9 Å². The van der Waals surface area contributed by atoms with Crippen LogP contribution in [0.3, 0.4) is 0 Å². The Morgan fingerprint density at radius 2 is 1.91 bits per heavy atom. The molecule has 7 heteroatoms. The molecule has 2 aromatic rings. The van der Waals surface area contributed by atoms with Gasteiger partial charge in [0.15, 0.2) is 9.84 Å². The highest BCUT2D eigenvalue weighted by Gasteiger charge is 2.42. The third-order valence-electron chi connectivity index (χ3n) is 6.87. The number of carbonyl (C=O) groups is 1. The lowest BCUT2D eigenvalue weighted by atomic mass is 9.87. The molecule has 0 bridgehead atoms. The van der Waals surface area contributed by atoms with Gasteiger partial charge >= 0.3 is 0 Å². The topological polar surface area (TPSA) is 84.5 Å². The van der Waals surface area contributed by atoms with Crippen molar-refractivity contribution >= 4 is 15.7 Å². The van der Waals surface area contributed by atoms with Crippen molar-refractivity contribution in [1.82, 2.24) is 10.6 Å². The normalized spacial score (nSPS) is 21.3. The number of rotatable bonds is 10. The number of carbonyl (C=O) groups excluding carboxylic acids is 1. The Labute approximate surface area is 210 Å². The number of ether oxygens (including phenoxy) is 1. The Morgan fingerprint density at radius 3 is 2.51 bits per heavy atom. The second-order valence-corrected chi connectivity index (χ2v) is 11.9. The van der Waals surface area contributed by atoms with E-state index in [9.17, 15) is 13.2 Å². The summed E-state index contributed by atoms with van der Waals surface area (Å²) in [5.74, 6) is 0.594. The fraction of sp³-hybridized carbons (Fsp3) is 0.536. The number of fused-ring (bicyclic) bond motifs is 1. The molecule has 0 unspecified atom stereocenters. The Kier molecular flexibility index (Phi) is 9.00. The lowest BCUT2D eigenvalue weighted by molar-refractivity contribution is -0.121. The van der Waals surface area contributed by atoms with Crippen molar-refractivity contribution in [3.8, 4) is 5.75 Å². The van der Waals surface area contributed by atoms with Gasteiger partial charge in [-0.05, 0) is 61.9 Å². The van der Waals surface area contributed by atoms with Crippen molar-refractivity contribution in [3.63, 3.8) is 0 Å². The van der Waals surface area contributed by atoms with Gasteiger partial charge in [-0.15, -0.1) is 0 Å². The van der Waals surface area contributed by atoms with E-state index in [-0.39, 0.29) is 30.2 Å². The fourth-order valence-corrected chi connectivity index (χ4v) is 7.13. The van der Waals surface area contributed by atoms with Gasteiger partial charge < -0.3 is 10.1 Å². The van der Waals surface area contributed by atoms with Gasteiger partial charge in [-0.25, -0.2) is 8.42 Å². The zero-order valence-electron chi connectivity index (χ0n) is 21.7. The maximum Gasteiger partial charge on any atom is 0.220 e. The van der Waals surface area contributed by atoms with Gasteiger partial charge in [0.05, 0.1) is 23.8 Å². The molecule has 3 rings (SSSR count). The minimum Gasteiger partial charge on any atom is -0.496 e. The maximum atomic E-state index is 13.9. The van der Waals surface area contributed by atoms with Crippen LogP contribution < -0.4 is 15.4 Å². The minimum absolute atomic E-state index is 0.0481. The molecule has 0 radical (unpaired) electrons. The molecule has 0 aliphatic carbocycles. The Hall–Kier alpha value is -2.38. The highest BCUT2D eigenvalue weighted by atomic mass is 32.2. The highest BCUT2D eigenvalue weighted by molar-refractivity contribution is 7.91. The number of aryl methyl sites for hydroxylation is 1. The molecule has 192 valence electrons. The first kappa shape index (κ1) is 27.2. The van der Waals surface area contributed by atoms with E-state index < -0.39 is 15.4 Å². The van der Waals surface area contributed by atoms with E-state index in [1.54, 1.807) is 13.2 Å². The van der Waals surface area contributed by atoms with Crippen LogP contribution >= 0.6 is 0 Å². The summed E-state index contributed by atoms with van der Waals surface area (Å²) in [6.07, 6.45) is 4.13. The van der Waals surface area contributed by atoms with Gasteiger partial charge in [0.25, 0.3) is 0 Å². The van der Waals surface area contributed by atoms with Crippen LogP contribution in [0.15, 0.2) is 47.4 Å². The molecule has 1 heterocycles. The van der Waals surface area contributed by atoms with Gasteiger partial charge in [0.1, 0.15) is 5.75 Å².